The van der Waals surface area contributed by atoms with E-state index in [0.29, 0.717) is 25.4 Å². The van der Waals surface area contributed by atoms with Gasteiger partial charge in [0.2, 0.25) is 0 Å². The molecule has 3 fully saturated rings. The third-order valence-electron chi connectivity index (χ3n) is 6.29. The van der Waals surface area contributed by atoms with Crippen LogP contribution in [-0.4, -0.2) is 24.4 Å². The predicted molar refractivity (Wildman–Crippen MR) is 110 cm³/mol. The second-order valence-corrected chi connectivity index (χ2v) is 7.89. The molecule has 1 aliphatic heterocycles. The number of benzene rings is 1. The van der Waals surface area contributed by atoms with Crippen molar-refractivity contribution in [3.63, 3.8) is 0 Å². The van der Waals surface area contributed by atoms with E-state index in [4.69, 9.17) is 21.1 Å². The van der Waals surface area contributed by atoms with Crippen LogP contribution < -0.4 is 5.73 Å². The van der Waals surface area contributed by atoms with Crippen molar-refractivity contribution in [3.8, 4) is 5.97 Å². The Bertz CT molecular complexity index is 804. The fourth-order valence-electron chi connectivity index (χ4n) is 4.46. The number of amidine groups is 2. The van der Waals surface area contributed by atoms with E-state index in [1.54, 1.807) is 0 Å². The SMILES string of the molecule is CCC(=N)N=C(N)CCC(=O)OCc1ccccc1.N#CB1C2CCC23CC13. The van der Waals surface area contributed by atoms with E-state index in [-0.39, 0.29) is 24.8 Å². The molecular weight excluding hydrogens is 351 g/mol. The first kappa shape index (κ1) is 20.1. The Morgan fingerprint density at radius 1 is 1.39 bits per heavy atom. The summed E-state index contributed by atoms with van der Waals surface area (Å²) in [6.45, 7) is 2.58. The molecule has 6 nitrogen and oxygen atoms in total. The highest BCUT2D eigenvalue weighted by molar-refractivity contribution is 6.75. The number of esters is 1. The molecule has 3 aliphatic rings. The number of rotatable bonds is 6. The van der Waals surface area contributed by atoms with Crippen LogP contribution in [0.2, 0.25) is 11.6 Å². The van der Waals surface area contributed by atoms with E-state index < -0.39 is 0 Å². The Hall–Kier alpha value is -2.62. The van der Waals surface area contributed by atoms with Crippen LogP contribution in [-0.2, 0) is 16.1 Å². The number of hydrogen-bond donors (Lipinski definition) is 2. The van der Waals surface area contributed by atoms with Crippen LogP contribution in [0.25, 0.3) is 0 Å². The number of nitrogens with one attached hydrogen (secondary N) is 1. The molecule has 3 unspecified atom stereocenters. The summed E-state index contributed by atoms with van der Waals surface area (Å²) in [5, 5.41) is 16.0. The first-order chi connectivity index (χ1) is 13.5. The predicted octanol–water partition coefficient (Wildman–Crippen LogP) is 3.74. The molecule has 2 aliphatic carbocycles. The number of aliphatic imine (C=N–C) groups is 1. The lowest BCUT2D eigenvalue weighted by Crippen LogP contribution is -2.46. The average Bonchev–Trinajstić information content (AvgIpc) is 3.44. The number of nitrogens with two attached hydrogens (primary N) is 1. The van der Waals surface area contributed by atoms with Crippen molar-refractivity contribution < 1.29 is 9.53 Å². The van der Waals surface area contributed by atoms with E-state index in [9.17, 15) is 4.79 Å². The molecule has 1 aromatic carbocycles. The highest BCUT2D eigenvalue weighted by Crippen LogP contribution is 2.86. The van der Waals surface area contributed by atoms with Crippen LogP contribution in [0.3, 0.4) is 0 Å². The normalized spacial score (nSPS) is 26.1. The molecule has 146 valence electrons. The lowest BCUT2D eigenvalue weighted by atomic mass is 9.21. The fourth-order valence-corrected chi connectivity index (χ4v) is 4.46. The van der Waals surface area contributed by atoms with Gasteiger partial charge in [-0.05, 0) is 29.0 Å². The summed E-state index contributed by atoms with van der Waals surface area (Å²) in [5.74, 6) is 4.33. The molecule has 0 aromatic heterocycles. The molecule has 4 rings (SSSR count). The Kier molecular flexibility index (Phi) is 6.18. The van der Waals surface area contributed by atoms with Gasteiger partial charge in [-0.2, -0.15) is 0 Å². The van der Waals surface area contributed by atoms with Crippen molar-refractivity contribution in [2.24, 2.45) is 16.1 Å². The van der Waals surface area contributed by atoms with Gasteiger partial charge in [-0.25, -0.2) is 10.3 Å². The molecule has 1 saturated heterocycles. The maximum atomic E-state index is 11.5. The molecule has 2 saturated carbocycles. The zero-order valence-corrected chi connectivity index (χ0v) is 16.4. The molecule has 3 atom stereocenters. The van der Waals surface area contributed by atoms with Gasteiger partial charge in [0.25, 0.3) is 6.71 Å². The van der Waals surface area contributed by atoms with Gasteiger partial charge in [-0.15, -0.1) is 0 Å². The average molecular weight is 378 g/mol. The first-order valence-corrected chi connectivity index (χ1v) is 9.99. The van der Waals surface area contributed by atoms with Gasteiger partial charge in [0, 0.05) is 18.8 Å². The van der Waals surface area contributed by atoms with Crippen molar-refractivity contribution in [3.05, 3.63) is 35.9 Å². The van der Waals surface area contributed by atoms with Crippen molar-refractivity contribution in [1.82, 2.24) is 0 Å². The second-order valence-electron chi connectivity index (χ2n) is 7.89. The molecule has 1 aromatic rings. The van der Waals surface area contributed by atoms with Crippen LogP contribution in [0.1, 0.15) is 51.0 Å². The standard InChI is InChI=1S/C14H19N3O2.C7H8BN/c1-2-12(15)17-13(16)8-9-14(18)19-10-11-6-4-3-5-7-11;9-4-8-5-1-2-7(5)3-6(7)8/h3-7H,2,8-10H2,1H3,(H3,15,16,17);5-6H,1-3H2. The Morgan fingerprint density at radius 2 is 2.14 bits per heavy atom. The van der Waals surface area contributed by atoms with Gasteiger partial charge in [0.05, 0.1) is 6.42 Å². The fraction of sp³-hybridized carbons (Fsp3) is 0.524. The molecule has 1 heterocycles. The molecule has 28 heavy (non-hydrogen) atoms. The van der Waals surface area contributed by atoms with Crippen molar-refractivity contribution in [2.45, 2.75) is 63.7 Å². The third kappa shape index (κ3) is 4.27. The molecular formula is C21H27BN4O2. The summed E-state index contributed by atoms with van der Waals surface area (Å²) < 4.78 is 5.11. The largest absolute Gasteiger partial charge is 0.461 e. The molecule has 1 spiro atoms. The minimum Gasteiger partial charge on any atom is -0.461 e. The van der Waals surface area contributed by atoms with Crippen LogP contribution in [0, 0.1) is 22.1 Å². The number of carbonyl (C=O) groups excluding carboxylic acids is 1. The topological polar surface area (TPSA) is 112 Å². The number of nitriles is 1. The number of hydrogen-bond acceptors (Lipinski definition) is 4. The number of carbonyl (C=O) groups is 1. The van der Waals surface area contributed by atoms with E-state index in [1.165, 1.54) is 19.3 Å². The molecule has 0 bridgehead atoms. The van der Waals surface area contributed by atoms with Gasteiger partial charge in [-0.3, -0.25) is 10.2 Å². The number of ether oxygens (including phenoxy) is 1. The van der Waals surface area contributed by atoms with Crippen molar-refractivity contribution >= 4 is 24.4 Å². The van der Waals surface area contributed by atoms with Gasteiger partial charge in [-0.1, -0.05) is 50.1 Å². The minimum atomic E-state index is -0.315. The molecule has 0 radical (unpaired) electrons. The van der Waals surface area contributed by atoms with Crippen molar-refractivity contribution in [1.29, 1.82) is 10.7 Å². The lowest BCUT2D eigenvalue weighted by molar-refractivity contribution is -0.144. The molecule has 7 heteroatoms. The Morgan fingerprint density at radius 3 is 2.64 bits per heavy atom. The maximum Gasteiger partial charge on any atom is 0.306 e. The van der Waals surface area contributed by atoms with Gasteiger partial charge >= 0.3 is 5.97 Å². The van der Waals surface area contributed by atoms with Crippen LogP contribution in [0.5, 0.6) is 0 Å². The zero-order chi connectivity index (χ0) is 20.1. The summed E-state index contributed by atoms with van der Waals surface area (Å²) in [7, 11) is 0. The van der Waals surface area contributed by atoms with Gasteiger partial charge < -0.3 is 10.5 Å². The Labute approximate surface area is 166 Å². The summed E-state index contributed by atoms with van der Waals surface area (Å²) in [4.78, 5) is 15.3. The van der Waals surface area contributed by atoms with E-state index >= 15 is 0 Å². The number of nitrogens with zero attached hydrogens (tertiary/aromatic N) is 2. The van der Waals surface area contributed by atoms with Crippen LogP contribution in [0.15, 0.2) is 35.3 Å². The van der Waals surface area contributed by atoms with Crippen molar-refractivity contribution in [2.75, 3.05) is 0 Å². The van der Waals surface area contributed by atoms with Crippen LogP contribution >= 0.6 is 0 Å². The first-order valence-electron chi connectivity index (χ1n) is 9.99. The summed E-state index contributed by atoms with van der Waals surface area (Å²) in [6, 6.07) is 9.48. The van der Waals surface area contributed by atoms with Gasteiger partial charge in [0.1, 0.15) is 18.3 Å². The highest BCUT2D eigenvalue weighted by Gasteiger charge is 2.79. The monoisotopic (exact) mass is 378 g/mol. The minimum absolute atomic E-state index is 0.180. The van der Waals surface area contributed by atoms with E-state index in [1.807, 2.05) is 37.3 Å². The molecule has 0 amide bonds. The Balaban J connectivity index is 0.000000202. The van der Waals surface area contributed by atoms with Gasteiger partial charge in [0.15, 0.2) is 0 Å². The van der Waals surface area contributed by atoms with Crippen LogP contribution in [0.4, 0.5) is 0 Å². The zero-order valence-electron chi connectivity index (χ0n) is 16.4. The quantitative estimate of drug-likeness (QED) is 0.340. The smallest absolute Gasteiger partial charge is 0.306 e. The highest BCUT2D eigenvalue weighted by atomic mass is 16.5. The van der Waals surface area contributed by atoms with E-state index in [0.717, 1.165) is 22.6 Å². The summed E-state index contributed by atoms with van der Waals surface area (Å²) in [6.07, 6.45) is 5.22. The molecule has 3 N–H and O–H groups in total. The third-order valence-corrected chi connectivity index (χ3v) is 6.29. The summed E-state index contributed by atoms with van der Waals surface area (Å²) in [5.41, 5.74) is 7.33. The summed E-state index contributed by atoms with van der Waals surface area (Å²) >= 11 is 0. The van der Waals surface area contributed by atoms with E-state index in [2.05, 4.69) is 11.0 Å². The maximum absolute atomic E-state index is 11.5. The lowest BCUT2D eigenvalue weighted by Gasteiger charge is -2.48. The second kappa shape index (κ2) is 8.60.